The molecular formula is C16H31N3OS. The van der Waals surface area contributed by atoms with Crippen LogP contribution in [0.5, 0.6) is 0 Å². The highest BCUT2D eigenvalue weighted by molar-refractivity contribution is 7.80. The predicted molar refractivity (Wildman–Crippen MR) is 92.3 cm³/mol. The second-order valence-electron chi connectivity index (χ2n) is 6.42. The maximum Gasteiger partial charge on any atom is 0.235 e. The highest BCUT2D eigenvalue weighted by Gasteiger charge is 2.43. The number of carbonyl (C=O) groups is 1. The van der Waals surface area contributed by atoms with Gasteiger partial charge >= 0.3 is 0 Å². The van der Waals surface area contributed by atoms with E-state index in [2.05, 4.69) is 25.8 Å². The average Bonchev–Trinajstić information content (AvgIpc) is 2.45. The quantitative estimate of drug-likeness (QED) is 0.733. The van der Waals surface area contributed by atoms with Crippen LogP contribution in [0.1, 0.15) is 52.4 Å². The van der Waals surface area contributed by atoms with Crippen LogP contribution in [0, 0.1) is 5.41 Å². The zero-order valence-corrected chi connectivity index (χ0v) is 14.8. The van der Waals surface area contributed by atoms with E-state index in [4.69, 9.17) is 18.0 Å². The number of carbonyl (C=O) groups excluding carboxylic acids is 1. The van der Waals surface area contributed by atoms with Crippen molar-refractivity contribution in [3.05, 3.63) is 0 Å². The number of hydrogen-bond donors (Lipinski definition) is 1. The van der Waals surface area contributed by atoms with Gasteiger partial charge in [-0.15, -0.1) is 0 Å². The molecule has 1 fully saturated rings. The van der Waals surface area contributed by atoms with Gasteiger partial charge in [0, 0.05) is 19.6 Å². The lowest BCUT2D eigenvalue weighted by Gasteiger charge is -2.41. The summed E-state index contributed by atoms with van der Waals surface area (Å²) >= 11 is 5.30. The molecule has 0 spiro atoms. The minimum atomic E-state index is -0.649. The summed E-state index contributed by atoms with van der Waals surface area (Å²) in [6.07, 6.45) is 5.55. The first-order valence-corrected chi connectivity index (χ1v) is 8.55. The molecule has 1 rings (SSSR count). The van der Waals surface area contributed by atoms with Crippen molar-refractivity contribution in [1.29, 1.82) is 0 Å². The molecule has 0 aliphatic carbocycles. The molecule has 0 aromatic heterocycles. The molecule has 5 heteroatoms. The second-order valence-corrected chi connectivity index (χ2v) is 6.86. The largest absolute Gasteiger partial charge is 0.392 e. The summed E-state index contributed by atoms with van der Waals surface area (Å²) in [5.41, 5.74) is 5.36. The Bertz CT molecular complexity index is 367. The van der Waals surface area contributed by atoms with Gasteiger partial charge in [0.2, 0.25) is 5.91 Å². The molecule has 4 nitrogen and oxygen atoms in total. The van der Waals surface area contributed by atoms with Crippen LogP contribution in [0.15, 0.2) is 0 Å². The van der Waals surface area contributed by atoms with Gasteiger partial charge in [-0.2, -0.15) is 0 Å². The molecule has 1 atom stereocenters. The molecule has 1 unspecified atom stereocenters. The van der Waals surface area contributed by atoms with Gasteiger partial charge < -0.3 is 15.5 Å². The molecule has 1 amide bonds. The van der Waals surface area contributed by atoms with Crippen LogP contribution in [-0.2, 0) is 4.79 Å². The van der Waals surface area contributed by atoms with Crippen molar-refractivity contribution in [3.8, 4) is 0 Å². The van der Waals surface area contributed by atoms with Crippen LogP contribution < -0.4 is 5.73 Å². The average molecular weight is 314 g/mol. The molecule has 0 saturated carbocycles. The lowest BCUT2D eigenvalue weighted by Crippen LogP contribution is -2.55. The summed E-state index contributed by atoms with van der Waals surface area (Å²) in [6, 6.07) is 0.277. The third-order valence-corrected chi connectivity index (χ3v) is 5.09. The Balaban J connectivity index is 2.95. The van der Waals surface area contributed by atoms with Gasteiger partial charge in [-0.25, -0.2) is 0 Å². The van der Waals surface area contributed by atoms with Gasteiger partial charge in [-0.05, 0) is 39.3 Å². The number of hydrogen-bond acceptors (Lipinski definition) is 3. The van der Waals surface area contributed by atoms with Crippen LogP contribution in [0.3, 0.4) is 0 Å². The minimum Gasteiger partial charge on any atom is -0.392 e. The van der Waals surface area contributed by atoms with E-state index in [1.54, 1.807) is 0 Å². The summed E-state index contributed by atoms with van der Waals surface area (Å²) in [5, 5.41) is 0. The molecular weight excluding hydrogens is 282 g/mol. The Morgan fingerprint density at radius 3 is 2.38 bits per heavy atom. The van der Waals surface area contributed by atoms with E-state index in [9.17, 15) is 4.79 Å². The van der Waals surface area contributed by atoms with Crippen molar-refractivity contribution in [3.63, 3.8) is 0 Å². The van der Waals surface area contributed by atoms with E-state index in [-0.39, 0.29) is 11.9 Å². The molecule has 1 saturated heterocycles. The Hall–Kier alpha value is -0.680. The van der Waals surface area contributed by atoms with Gasteiger partial charge in [-0.3, -0.25) is 4.79 Å². The number of thiocarbonyl (C=S) groups is 1. The van der Waals surface area contributed by atoms with E-state index < -0.39 is 5.41 Å². The van der Waals surface area contributed by atoms with Crippen molar-refractivity contribution >= 4 is 23.1 Å². The standard InChI is InChI=1S/C16H31N3OS/c1-5-9-16(10-6-2,14(17)21)15(20)19(4)13-8-7-11-18(3)12-13/h13H,5-12H2,1-4H3,(H2,17,21). The summed E-state index contributed by atoms with van der Waals surface area (Å²) in [5.74, 6) is 0.124. The molecule has 1 heterocycles. The molecule has 122 valence electrons. The zero-order valence-electron chi connectivity index (χ0n) is 14.0. The lowest BCUT2D eigenvalue weighted by molar-refractivity contribution is -0.140. The predicted octanol–water partition coefficient (Wildman–Crippen LogP) is 2.41. The van der Waals surface area contributed by atoms with E-state index in [0.29, 0.717) is 4.99 Å². The number of rotatable bonds is 7. The number of nitrogens with zero attached hydrogens (tertiary/aromatic N) is 2. The summed E-state index contributed by atoms with van der Waals surface area (Å²) in [4.78, 5) is 17.7. The molecule has 0 bridgehead atoms. The van der Waals surface area contributed by atoms with Crippen molar-refractivity contribution < 1.29 is 4.79 Å². The molecule has 1 aliphatic rings. The lowest BCUT2D eigenvalue weighted by atomic mass is 9.77. The van der Waals surface area contributed by atoms with Gasteiger partial charge in [0.1, 0.15) is 0 Å². The normalized spacial score (nSPS) is 20.3. The summed E-state index contributed by atoms with van der Waals surface area (Å²) in [7, 11) is 4.04. The number of amides is 1. The zero-order chi connectivity index (χ0) is 16.0. The maximum atomic E-state index is 13.1. The Kier molecular flexibility index (Phi) is 7.07. The highest BCUT2D eigenvalue weighted by atomic mass is 32.1. The first kappa shape index (κ1) is 18.4. The molecule has 21 heavy (non-hydrogen) atoms. The Morgan fingerprint density at radius 1 is 1.38 bits per heavy atom. The van der Waals surface area contributed by atoms with E-state index in [1.165, 1.54) is 0 Å². The van der Waals surface area contributed by atoms with Crippen LogP contribution in [0.2, 0.25) is 0 Å². The first-order chi connectivity index (χ1) is 9.89. The van der Waals surface area contributed by atoms with E-state index in [1.807, 2.05) is 11.9 Å². The summed E-state index contributed by atoms with van der Waals surface area (Å²) in [6.45, 7) is 6.23. The first-order valence-electron chi connectivity index (χ1n) is 8.14. The molecule has 1 aliphatic heterocycles. The van der Waals surface area contributed by atoms with Crippen LogP contribution in [-0.4, -0.2) is 53.9 Å². The third-order valence-electron chi connectivity index (χ3n) is 4.70. The fourth-order valence-corrected chi connectivity index (χ4v) is 3.79. The van der Waals surface area contributed by atoms with Crippen molar-refractivity contribution in [2.75, 3.05) is 27.2 Å². The van der Waals surface area contributed by atoms with Crippen molar-refractivity contribution in [2.45, 2.75) is 58.4 Å². The number of likely N-dealkylation sites (tertiary alicyclic amines) is 1. The van der Waals surface area contributed by atoms with Gasteiger partial charge in [0.05, 0.1) is 10.4 Å². The van der Waals surface area contributed by atoms with Gasteiger partial charge in [-0.1, -0.05) is 38.9 Å². The Labute approximate surface area is 135 Å². The van der Waals surface area contributed by atoms with E-state index >= 15 is 0 Å². The molecule has 0 aromatic carbocycles. The smallest absolute Gasteiger partial charge is 0.235 e. The van der Waals surface area contributed by atoms with Crippen LogP contribution in [0.25, 0.3) is 0 Å². The van der Waals surface area contributed by atoms with Gasteiger partial charge in [0.15, 0.2) is 0 Å². The molecule has 2 N–H and O–H groups in total. The monoisotopic (exact) mass is 313 g/mol. The van der Waals surface area contributed by atoms with Crippen LogP contribution in [0.4, 0.5) is 0 Å². The SMILES string of the molecule is CCCC(CCC)(C(=O)N(C)C1CCCN(C)C1)C(N)=S. The molecule has 0 aromatic rings. The number of likely N-dealkylation sites (N-methyl/N-ethyl adjacent to an activating group) is 2. The second kappa shape index (κ2) is 8.08. The van der Waals surface area contributed by atoms with E-state index in [0.717, 1.165) is 51.6 Å². The number of piperidine rings is 1. The number of nitrogens with two attached hydrogens (primary N) is 1. The fraction of sp³-hybridized carbons (Fsp3) is 0.875. The highest BCUT2D eigenvalue weighted by Crippen LogP contribution is 2.34. The maximum absolute atomic E-state index is 13.1. The van der Waals surface area contributed by atoms with Crippen molar-refractivity contribution in [1.82, 2.24) is 9.80 Å². The van der Waals surface area contributed by atoms with Crippen molar-refractivity contribution in [2.24, 2.45) is 11.1 Å². The van der Waals surface area contributed by atoms with Gasteiger partial charge in [0.25, 0.3) is 0 Å². The topological polar surface area (TPSA) is 49.6 Å². The minimum absolute atomic E-state index is 0.124. The Morgan fingerprint density at radius 2 is 1.95 bits per heavy atom. The third kappa shape index (κ3) is 4.16. The fourth-order valence-electron chi connectivity index (χ4n) is 3.50. The van der Waals surface area contributed by atoms with Crippen LogP contribution >= 0.6 is 12.2 Å². The molecule has 0 radical (unpaired) electrons. The summed E-state index contributed by atoms with van der Waals surface area (Å²) < 4.78 is 0.